The van der Waals surface area contributed by atoms with Crippen LogP contribution < -0.4 is 19.8 Å². The van der Waals surface area contributed by atoms with Crippen molar-refractivity contribution in [1.82, 2.24) is 9.66 Å². The van der Waals surface area contributed by atoms with Gasteiger partial charge in [-0.15, -0.1) is 0 Å². The number of nitrogens with zero attached hydrogens (tertiary/aromatic N) is 3. The van der Waals surface area contributed by atoms with Crippen LogP contribution in [0.5, 0.6) is 17.2 Å². The Kier molecular flexibility index (Phi) is 5.47. The van der Waals surface area contributed by atoms with Crippen molar-refractivity contribution in [3.05, 3.63) is 82.6 Å². The summed E-state index contributed by atoms with van der Waals surface area (Å²) in [6, 6.07) is 19.8. The quantitative estimate of drug-likeness (QED) is 0.344. The average molecular weight is 455 g/mol. The molecule has 8 nitrogen and oxygen atoms in total. The molecule has 34 heavy (non-hydrogen) atoms. The molecule has 0 N–H and O–H groups in total. The maximum absolute atomic E-state index is 13.4. The third-order valence-electron chi connectivity index (χ3n) is 5.45. The predicted octanol–water partition coefficient (Wildman–Crippen LogP) is 4.72. The Hall–Kier alpha value is -4.59. The molecular weight excluding hydrogens is 434 g/mol. The fraction of sp³-hybridized carbons (Fsp3) is 0.115. The van der Waals surface area contributed by atoms with E-state index in [9.17, 15) is 4.79 Å². The summed E-state index contributed by atoms with van der Waals surface area (Å²) >= 11 is 0. The molecule has 5 aromatic rings. The molecule has 0 aliphatic rings. The highest BCUT2D eigenvalue weighted by Gasteiger charge is 2.18. The lowest BCUT2D eigenvalue weighted by Gasteiger charge is -2.09. The summed E-state index contributed by atoms with van der Waals surface area (Å²) in [6.07, 6.45) is 1.56. The van der Waals surface area contributed by atoms with Crippen molar-refractivity contribution in [2.75, 3.05) is 21.3 Å². The van der Waals surface area contributed by atoms with Crippen molar-refractivity contribution >= 4 is 28.1 Å². The van der Waals surface area contributed by atoms with Gasteiger partial charge in [0.05, 0.1) is 43.8 Å². The van der Waals surface area contributed by atoms with E-state index in [1.165, 1.54) is 4.68 Å². The number of hydrogen-bond acceptors (Lipinski definition) is 7. The Labute approximate surface area is 194 Å². The first-order chi connectivity index (χ1) is 16.6. The normalized spacial score (nSPS) is 11.4. The largest absolute Gasteiger partial charge is 0.496 e. The number of benzene rings is 3. The molecule has 0 unspecified atom stereocenters. The van der Waals surface area contributed by atoms with E-state index >= 15 is 0 Å². The molecule has 2 aromatic heterocycles. The minimum atomic E-state index is -0.315. The lowest BCUT2D eigenvalue weighted by Crippen LogP contribution is -2.20. The summed E-state index contributed by atoms with van der Waals surface area (Å²) in [5.74, 6) is 2.49. The topological polar surface area (TPSA) is 88.1 Å². The number of methoxy groups -OCH3 is 3. The van der Waals surface area contributed by atoms with Gasteiger partial charge in [0.1, 0.15) is 11.3 Å². The maximum atomic E-state index is 13.4. The molecular formula is C26H21N3O5. The van der Waals surface area contributed by atoms with E-state index in [4.69, 9.17) is 23.6 Å². The van der Waals surface area contributed by atoms with Gasteiger partial charge < -0.3 is 18.6 Å². The smallest absolute Gasteiger partial charge is 0.282 e. The first kappa shape index (κ1) is 21.3. The van der Waals surface area contributed by atoms with Crippen LogP contribution in [0.2, 0.25) is 0 Å². The Bertz CT molecular complexity index is 1600. The van der Waals surface area contributed by atoms with Gasteiger partial charge in [-0.1, -0.05) is 18.2 Å². The van der Waals surface area contributed by atoms with Crippen LogP contribution in [0.15, 0.2) is 81.0 Å². The van der Waals surface area contributed by atoms with Crippen LogP contribution in [-0.4, -0.2) is 37.2 Å². The molecule has 0 radical (unpaired) electrons. The van der Waals surface area contributed by atoms with Crippen LogP contribution in [0.1, 0.15) is 5.56 Å². The van der Waals surface area contributed by atoms with Crippen molar-refractivity contribution in [3.8, 4) is 28.8 Å². The van der Waals surface area contributed by atoms with Gasteiger partial charge in [-0.25, -0.2) is 4.98 Å². The summed E-state index contributed by atoms with van der Waals surface area (Å²) in [5.41, 5.74) is 1.57. The van der Waals surface area contributed by atoms with E-state index < -0.39 is 0 Å². The van der Waals surface area contributed by atoms with E-state index in [2.05, 4.69) is 5.10 Å². The molecule has 0 spiro atoms. The average Bonchev–Trinajstić information content (AvgIpc) is 3.32. The minimum Gasteiger partial charge on any atom is -0.496 e. The summed E-state index contributed by atoms with van der Waals surface area (Å²) in [7, 11) is 4.73. The van der Waals surface area contributed by atoms with Gasteiger partial charge in [0.25, 0.3) is 5.56 Å². The monoisotopic (exact) mass is 455 g/mol. The van der Waals surface area contributed by atoms with Gasteiger partial charge in [0, 0.05) is 0 Å². The third-order valence-corrected chi connectivity index (χ3v) is 5.45. The molecule has 0 aliphatic carbocycles. The highest BCUT2D eigenvalue weighted by atomic mass is 16.5. The zero-order chi connectivity index (χ0) is 23.7. The van der Waals surface area contributed by atoms with E-state index in [1.54, 1.807) is 63.9 Å². The number of hydrogen-bond donors (Lipinski definition) is 0. The van der Waals surface area contributed by atoms with Crippen molar-refractivity contribution in [1.29, 1.82) is 0 Å². The van der Waals surface area contributed by atoms with Gasteiger partial charge in [0.2, 0.25) is 5.82 Å². The van der Waals surface area contributed by atoms with Crippen molar-refractivity contribution < 1.29 is 18.6 Å². The molecule has 3 aromatic carbocycles. The van der Waals surface area contributed by atoms with Gasteiger partial charge >= 0.3 is 0 Å². The first-order valence-corrected chi connectivity index (χ1v) is 10.5. The van der Waals surface area contributed by atoms with Gasteiger partial charge in [-0.05, 0) is 54.1 Å². The Morgan fingerprint density at radius 3 is 2.44 bits per heavy atom. The summed E-state index contributed by atoms with van der Waals surface area (Å²) in [6.45, 7) is 0. The predicted molar refractivity (Wildman–Crippen MR) is 130 cm³/mol. The Morgan fingerprint density at radius 2 is 1.65 bits per heavy atom. The van der Waals surface area contributed by atoms with Gasteiger partial charge in [-0.3, -0.25) is 4.79 Å². The number of para-hydroxylation sites is 1. The number of aromatic nitrogens is 2. The molecule has 170 valence electrons. The molecule has 0 atom stereocenters. The molecule has 0 bridgehead atoms. The molecule has 5 rings (SSSR count). The number of furan rings is 1. The lowest BCUT2D eigenvalue weighted by molar-refractivity contribution is 0.355. The third kappa shape index (κ3) is 3.65. The summed E-state index contributed by atoms with van der Waals surface area (Å²) in [5, 5.41) is 5.70. The highest BCUT2D eigenvalue weighted by Crippen LogP contribution is 2.33. The zero-order valence-corrected chi connectivity index (χ0v) is 18.8. The van der Waals surface area contributed by atoms with E-state index in [1.807, 2.05) is 30.3 Å². The van der Waals surface area contributed by atoms with E-state index in [0.29, 0.717) is 39.5 Å². The van der Waals surface area contributed by atoms with Crippen LogP contribution in [0.4, 0.5) is 0 Å². The standard InChI is InChI=1S/C26H21N3O5/c1-31-20-9-6-10-21-18(20)14-24(34-21)25-28-19-8-5-4-7-17(19)26(30)29(25)27-15-16-11-12-22(32-2)23(13-16)33-3/h4-15H,1-3H3. The molecule has 0 saturated heterocycles. The molecule has 8 heteroatoms. The molecule has 2 heterocycles. The molecule has 0 amide bonds. The van der Waals surface area contributed by atoms with Crippen LogP contribution in [0.3, 0.4) is 0 Å². The Balaban J connectivity index is 1.70. The fourth-order valence-electron chi connectivity index (χ4n) is 3.77. The maximum Gasteiger partial charge on any atom is 0.282 e. The molecule has 0 saturated carbocycles. The van der Waals surface area contributed by atoms with Crippen LogP contribution in [0, 0.1) is 0 Å². The summed E-state index contributed by atoms with van der Waals surface area (Å²) < 4.78 is 23.4. The second-order valence-corrected chi connectivity index (χ2v) is 7.41. The molecule has 0 fully saturated rings. The van der Waals surface area contributed by atoms with E-state index in [-0.39, 0.29) is 11.4 Å². The number of fused-ring (bicyclic) bond motifs is 2. The number of rotatable bonds is 6. The fourth-order valence-corrected chi connectivity index (χ4v) is 3.77. The highest BCUT2D eigenvalue weighted by molar-refractivity contribution is 5.88. The van der Waals surface area contributed by atoms with Crippen LogP contribution >= 0.6 is 0 Å². The van der Waals surface area contributed by atoms with Crippen molar-refractivity contribution in [2.45, 2.75) is 0 Å². The Morgan fingerprint density at radius 1 is 0.853 bits per heavy atom. The van der Waals surface area contributed by atoms with E-state index in [0.717, 1.165) is 10.9 Å². The second kappa shape index (κ2) is 8.74. The first-order valence-electron chi connectivity index (χ1n) is 10.5. The molecule has 0 aliphatic heterocycles. The SMILES string of the molecule is COc1ccc(C=Nn2c(-c3cc4c(OC)cccc4o3)nc3ccccc3c2=O)cc1OC. The minimum absolute atomic E-state index is 0.277. The summed E-state index contributed by atoms with van der Waals surface area (Å²) in [4.78, 5) is 18.1. The van der Waals surface area contributed by atoms with Crippen LogP contribution in [0.25, 0.3) is 33.5 Å². The van der Waals surface area contributed by atoms with Gasteiger partial charge in [0.15, 0.2) is 17.3 Å². The number of ether oxygens (including phenoxy) is 3. The van der Waals surface area contributed by atoms with Crippen LogP contribution in [-0.2, 0) is 0 Å². The zero-order valence-electron chi connectivity index (χ0n) is 18.8. The lowest BCUT2D eigenvalue weighted by atomic mass is 10.2. The van der Waals surface area contributed by atoms with Crippen molar-refractivity contribution in [2.24, 2.45) is 5.10 Å². The van der Waals surface area contributed by atoms with Crippen molar-refractivity contribution in [3.63, 3.8) is 0 Å². The second-order valence-electron chi connectivity index (χ2n) is 7.41. The van der Waals surface area contributed by atoms with Gasteiger partial charge in [-0.2, -0.15) is 9.78 Å².